The molecule has 6 heteroatoms. The van der Waals surface area contributed by atoms with Crippen LogP contribution in [0, 0.1) is 0 Å². The van der Waals surface area contributed by atoms with Gasteiger partial charge in [-0.2, -0.15) is 0 Å². The molecular weight excluding hydrogens is 366 g/mol. The Kier molecular flexibility index (Phi) is 7.80. The highest BCUT2D eigenvalue weighted by atomic mass is 35.5. The summed E-state index contributed by atoms with van der Waals surface area (Å²) in [5, 5.41) is 3.54. The van der Waals surface area contributed by atoms with Crippen molar-refractivity contribution in [1.82, 2.24) is 5.32 Å². The van der Waals surface area contributed by atoms with Crippen LogP contribution in [-0.4, -0.2) is 32.8 Å². The maximum Gasteiger partial charge on any atom is 0.224 e. The van der Waals surface area contributed by atoms with Crippen LogP contribution in [0.4, 0.5) is 0 Å². The first-order valence-corrected chi connectivity index (χ1v) is 9.26. The number of para-hydroxylation sites is 1. The average Bonchev–Trinajstić information content (AvgIpc) is 2.64. The summed E-state index contributed by atoms with van der Waals surface area (Å²) in [6.07, 6.45) is 0.895. The summed E-state index contributed by atoms with van der Waals surface area (Å²) in [7, 11) is 3.21. The molecule has 0 heterocycles. The molecule has 2 rings (SSSR count). The molecule has 0 unspecified atom stereocenters. The van der Waals surface area contributed by atoms with E-state index in [9.17, 15) is 4.79 Å². The van der Waals surface area contributed by atoms with Gasteiger partial charge in [0.05, 0.1) is 32.3 Å². The first-order chi connectivity index (χ1) is 13.0. The molecular formula is C21H26ClNO4. The van der Waals surface area contributed by atoms with Crippen LogP contribution in [-0.2, 0) is 17.6 Å². The molecule has 2 aromatic rings. The molecule has 0 radical (unpaired) electrons. The summed E-state index contributed by atoms with van der Waals surface area (Å²) in [5.41, 5.74) is 1.83. The van der Waals surface area contributed by atoms with Gasteiger partial charge in [0.1, 0.15) is 5.75 Å². The Morgan fingerprint density at radius 2 is 1.89 bits per heavy atom. The SMILES string of the molecule is CCOc1c(Cl)cccc1CC(=O)N[C@H](C)Cc1ccc(OC)c(OC)c1. The van der Waals surface area contributed by atoms with Crippen LogP contribution in [0.2, 0.25) is 5.02 Å². The van der Waals surface area contributed by atoms with E-state index in [4.69, 9.17) is 25.8 Å². The fraction of sp³-hybridized carbons (Fsp3) is 0.381. The van der Waals surface area contributed by atoms with Gasteiger partial charge in [-0.05, 0) is 44.0 Å². The molecule has 0 bridgehead atoms. The highest BCUT2D eigenvalue weighted by Gasteiger charge is 2.15. The number of hydrogen-bond donors (Lipinski definition) is 1. The third kappa shape index (κ3) is 5.79. The minimum atomic E-state index is -0.0776. The fourth-order valence-corrected chi connectivity index (χ4v) is 3.16. The average molecular weight is 392 g/mol. The van der Waals surface area contributed by atoms with Crippen molar-refractivity contribution in [2.24, 2.45) is 0 Å². The molecule has 0 aromatic heterocycles. The zero-order valence-electron chi connectivity index (χ0n) is 16.2. The van der Waals surface area contributed by atoms with Gasteiger partial charge in [-0.1, -0.05) is 29.8 Å². The monoisotopic (exact) mass is 391 g/mol. The Morgan fingerprint density at radius 1 is 1.15 bits per heavy atom. The van der Waals surface area contributed by atoms with E-state index in [2.05, 4.69) is 5.32 Å². The second kappa shape index (κ2) is 10.1. The lowest BCUT2D eigenvalue weighted by Gasteiger charge is -2.17. The molecule has 0 spiro atoms. The summed E-state index contributed by atoms with van der Waals surface area (Å²) in [4.78, 5) is 12.4. The topological polar surface area (TPSA) is 56.8 Å². The molecule has 0 aliphatic carbocycles. The molecule has 5 nitrogen and oxygen atoms in total. The van der Waals surface area contributed by atoms with E-state index in [1.807, 2.05) is 44.2 Å². The number of nitrogens with one attached hydrogen (secondary N) is 1. The van der Waals surface area contributed by atoms with Crippen LogP contribution in [0.15, 0.2) is 36.4 Å². The normalized spacial score (nSPS) is 11.6. The number of hydrogen-bond acceptors (Lipinski definition) is 4. The molecule has 146 valence electrons. The molecule has 1 N–H and O–H groups in total. The Bertz CT molecular complexity index is 779. The highest BCUT2D eigenvalue weighted by Crippen LogP contribution is 2.29. The van der Waals surface area contributed by atoms with E-state index in [1.54, 1.807) is 20.3 Å². The number of benzene rings is 2. The molecule has 0 saturated carbocycles. The van der Waals surface area contributed by atoms with Gasteiger partial charge in [-0.3, -0.25) is 4.79 Å². The summed E-state index contributed by atoms with van der Waals surface area (Å²) >= 11 is 6.18. The zero-order chi connectivity index (χ0) is 19.8. The third-order valence-corrected chi connectivity index (χ3v) is 4.38. The number of ether oxygens (including phenoxy) is 3. The van der Waals surface area contributed by atoms with Crippen LogP contribution in [0.25, 0.3) is 0 Å². The van der Waals surface area contributed by atoms with E-state index < -0.39 is 0 Å². The van der Waals surface area contributed by atoms with Crippen molar-refractivity contribution in [3.8, 4) is 17.2 Å². The number of rotatable bonds is 9. The summed E-state index contributed by atoms with van der Waals surface area (Å²) in [5.74, 6) is 1.85. The zero-order valence-corrected chi connectivity index (χ0v) is 16.9. The molecule has 0 aliphatic rings. The number of carbonyl (C=O) groups excluding carboxylic acids is 1. The van der Waals surface area contributed by atoms with Crippen LogP contribution < -0.4 is 19.5 Å². The lowest BCUT2D eigenvalue weighted by atomic mass is 10.1. The van der Waals surface area contributed by atoms with Gasteiger partial charge in [-0.25, -0.2) is 0 Å². The maximum absolute atomic E-state index is 12.4. The van der Waals surface area contributed by atoms with Gasteiger partial charge in [-0.15, -0.1) is 0 Å². The first kappa shape index (κ1) is 20.9. The van der Waals surface area contributed by atoms with Gasteiger partial charge in [0, 0.05) is 11.6 Å². The van der Waals surface area contributed by atoms with Crippen LogP contribution in [0.3, 0.4) is 0 Å². The molecule has 1 amide bonds. The van der Waals surface area contributed by atoms with E-state index in [0.29, 0.717) is 35.3 Å². The van der Waals surface area contributed by atoms with E-state index in [0.717, 1.165) is 11.1 Å². The molecule has 0 fully saturated rings. The third-order valence-electron chi connectivity index (χ3n) is 4.09. The second-order valence-corrected chi connectivity index (χ2v) is 6.61. The Balaban J connectivity index is 1.99. The minimum Gasteiger partial charge on any atom is -0.493 e. The Morgan fingerprint density at radius 3 is 2.56 bits per heavy atom. The first-order valence-electron chi connectivity index (χ1n) is 8.88. The quantitative estimate of drug-likeness (QED) is 0.700. The Labute approximate surface area is 165 Å². The number of carbonyl (C=O) groups is 1. The van der Waals surface area contributed by atoms with Gasteiger partial charge >= 0.3 is 0 Å². The molecule has 27 heavy (non-hydrogen) atoms. The lowest BCUT2D eigenvalue weighted by molar-refractivity contribution is -0.121. The summed E-state index contributed by atoms with van der Waals surface area (Å²) in [6.45, 7) is 4.35. The largest absolute Gasteiger partial charge is 0.493 e. The highest BCUT2D eigenvalue weighted by molar-refractivity contribution is 6.32. The minimum absolute atomic E-state index is 0.0367. The standard InChI is InChI=1S/C21H26ClNO4/c1-5-27-21-16(7-6-8-17(21)22)13-20(24)23-14(2)11-15-9-10-18(25-3)19(12-15)26-4/h6-10,12,14H,5,11,13H2,1-4H3,(H,23,24)/t14-/m1/s1. The van der Waals surface area contributed by atoms with E-state index in [-0.39, 0.29) is 18.4 Å². The number of methoxy groups -OCH3 is 2. The van der Waals surface area contributed by atoms with Crippen LogP contribution in [0.5, 0.6) is 17.2 Å². The maximum atomic E-state index is 12.4. The van der Waals surface area contributed by atoms with Crippen molar-refractivity contribution in [1.29, 1.82) is 0 Å². The van der Waals surface area contributed by atoms with Gasteiger partial charge in [0.15, 0.2) is 11.5 Å². The van der Waals surface area contributed by atoms with Crippen molar-refractivity contribution >= 4 is 17.5 Å². The van der Waals surface area contributed by atoms with E-state index in [1.165, 1.54) is 0 Å². The number of halogens is 1. The van der Waals surface area contributed by atoms with Crippen molar-refractivity contribution < 1.29 is 19.0 Å². The van der Waals surface area contributed by atoms with E-state index >= 15 is 0 Å². The number of amides is 1. The van der Waals surface area contributed by atoms with Crippen LogP contribution in [0.1, 0.15) is 25.0 Å². The van der Waals surface area contributed by atoms with Crippen LogP contribution >= 0.6 is 11.6 Å². The van der Waals surface area contributed by atoms with Gasteiger partial charge in [0.2, 0.25) is 5.91 Å². The second-order valence-electron chi connectivity index (χ2n) is 6.20. The molecule has 2 aromatic carbocycles. The Hall–Kier alpha value is -2.40. The predicted octanol–water partition coefficient (Wildman–Crippen LogP) is 4.05. The lowest BCUT2D eigenvalue weighted by Crippen LogP contribution is -2.35. The van der Waals surface area contributed by atoms with Crippen molar-refractivity contribution in [3.63, 3.8) is 0 Å². The van der Waals surface area contributed by atoms with Gasteiger partial charge < -0.3 is 19.5 Å². The van der Waals surface area contributed by atoms with Crippen molar-refractivity contribution in [2.45, 2.75) is 32.7 Å². The van der Waals surface area contributed by atoms with Crippen molar-refractivity contribution in [2.75, 3.05) is 20.8 Å². The van der Waals surface area contributed by atoms with Crippen molar-refractivity contribution in [3.05, 3.63) is 52.5 Å². The summed E-state index contributed by atoms with van der Waals surface area (Å²) < 4.78 is 16.2. The van der Waals surface area contributed by atoms with Gasteiger partial charge in [0.25, 0.3) is 0 Å². The fourth-order valence-electron chi connectivity index (χ4n) is 2.91. The molecule has 0 aliphatic heterocycles. The molecule has 0 saturated heterocycles. The summed E-state index contributed by atoms with van der Waals surface area (Å²) in [6, 6.07) is 11.2. The predicted molar refractivity (Wildman–Crippen MR) is 107 cm³/mol. The molecule has 1 atom stereocenters. The smallest absolute Gasteiger partial charge is 0.224 e.